The van der Waals surface area contributed by atoms with Gasteiger partial charge >= 0.3 is 6.09 Å². The van der Waals surface area contributed by atoms with Crippen molar-refractivity contribution >= 4 is 6.09 Å². The average Bonchev–Trinajstić information content (AvgIpc) is 2.30. The lowest BCUT2D eigenvalue weighted by molar-refractivity contribution is 0.147. The molecule has 1 N–H and O–H groups in total. The van der Waals surface area contributed by atoms with E-state index in [4.69, 9.17) is 4.74 Å². The molecule has 3 nitrogen and oxygen atoms in total. The number of carbonyl (C=O) groups excluding carboxylic acids is 1. The first-order chi connectivity index (χ1) is 6.03. The van der Waals surface area contributed by atoms with E-state index in [-0.39, 0.29) is 6.09 Å². The highest BCUT2D eigenvalue weighted by Crippen LogP contribution is 2.36. The lowest BCUT2D eigenvalue weighted by atomic mass is 9.92. The van der Waals surface area contributed by atoms with Crippen molar-refractivity contribution < 1.29 is 9.53 Å². The summed E-state index contributed by atoms with van der Waals surface area (Å²) in [5.74, 6) is 0. The molecule has 0 aromatic carbocycles. The Labute approximate surface area is 79.8 Å². The van der Waals surface area contributed by atoms with Gasteiger partial charge in [-0.3, -0.25) is 0 Å². The molecular weight excluding hydrogens is 166 g/mol. The van der Waals surface area contributed by atoms with Crippen molar-refractivity contribution in [2.75, 3.05) is 6.61 Å². The average molecular weight is 185 g/mol. The summed E-state index contributed by atoms with van der Waals surface area (Å²) in [6, 6.07) is 0.314. The van der Waals surface area contributed by atoms with Crippen molar-refractivity contribution in [3.8, 4) is 0 Å². The monoisotopic (exact) mass is 185 g/mol. The Kier molecular flexibility index (Phi) is 3.17. The van der Waals surface area contributed by atoms with E-state index < -0.39 is 0 Å². The molecule has 1 aliphatic carbocycles. The molecule has 0 saturated heterocycles. The predicted octanol–water partition coefficient (Wildman–Crippen LogP) is 2.31. The number of ether oxygens (including phenoxy) is 1. The van der Waals surface area contributed by atoms with Crippen molar-refractivity contribution in [2.24, 2.45) is 5.41 Å². The molecule has 0 aromatic rings. The summed E-state index contributed by atoms with van der Waals surface area (Å²) in [5, 5.41) is 2.87. The van der Waals surface area contributed by atoms with E-state index in [9.17, 15) is 4.79 Å². The Balaban J connectivity index is 2.28. The molecular formula is C10H19NO2. The third kappa shape index (κ3) is 3.25. The molecule has 0 aromatic heterocycles. The first-order valence-corrected chi connectivity index (χ1v) is 4.97. The molecule has 13 heavy (non-hydrogen) atoms. The molecule has 0 bridgehead atoms. The Hall–Kier alpha value is -0.730. The van der Waals surface area contributed by atoms with Crippen molar-refractivity contribution in [3.63, 3.8) is 0 Å². The molecule has 0 radical (unpaired) electrons. The molecule has 0 aliphatic heterocycles. The van der Waals surface area contributed by atoms with Gasteiger partial charge in [0, 0.05) is 6.04 Å². The van der Waals surface area contributed by atoms with Crippen molar-refractivity contribution in [3.05, 3.63) is 0 Å². The van der Waals surface area contributed by atoms with Crippen LogP contribution in [0.3, 0.4) is 0 Å². The number of amides is 1. The summed E-state index contributed by atoms with van der Waals surface area (Å²) in [6.07, 6.45) is 3.05. The molecule has 1 aliphatic rings. The van der Waals surface area contributed by atoms with Gasteiger partial charge in [0.1, 0.15) is 0 Å². The second kappa shape index (κ2) is 3.99. The van der Waals surface area contributed by atoms with Gasteiger partial charge in [0.15, 0.2) is 0 Å². The Bertz CT molecular complexity index is 189. The minimum Gasteiger partial charge on any atom is -0.450 e. The molecule has 1 unspecified atom stereocenters. The molecule has 1 rings (SSSR count). The van der Waals surface area contributed by atoms with Crippen molar-refractivity contribution in [1.82, 2.24) is 5.32 Å². The van der Waals surface area contributed by atoms with Crippen LogP contribution in [-0.4, -0.2) is 18.7 Å². The van der Waals surface area contributed by atoms with Gasteiger partial charge in [0.25, 0.3) is 0 Å². The second-order valence-electron chi connectivity index (χ2n) is 4.47. The summed E-state index contributed by atoms with van der Waals surface area (Å²) in [7, 11) is 0. The topological polar surface area (TPSA) is 38.3 Å². The Morgan fingerprint density at radius 2 is 2.31 bits per heavy atom. The fourth-order valence-electron chi connectivity index (χ4n) is 1.90. The van der Waals surface area contributed by atoms with E-state index in [0.717, 1.165) is 12.8 Å². The van der Waals surface area contributed by atoms with E-state index in [1.165, 1.54) is 6.42 Å². The maximum atomic E-state index is 11.1. The summed E-state index contributed by atoms with van der Waals surface area (Å²) >= 11 is 0. The number of carbonyl (C=O) groups is 1. The molecule has 1 saturated carbocycles. The fraction of sp³-hybridized carbons (Fsp3) is 0.900. The van der Waals surface area contributed by atoms with Crippen LogP contribution in [0.2, 0.25) is 0 Å². The van der Waals surface area contributed by atoms with Crippen LogP contribution in [0, 0.1) is 5.41 Å². The van der Waals surface area contributed by atoms with Gasteiger partial charge in [0.2, 0.25) is 0 Å². The summed E-state index contributed by atoms with van der Waals surface area (Å²) in [5.41, 5.74) is 0.379. The Morgan fingerprint density at radius 3 is 2.77 bits per heavy atom. The standard InChI is InChI=1S/C10H19NO2/c1-4-13-9(12)11-8-5-6-10(2,3)7-8/h8H,4-7H2,1-3H3,(H,11,12). The number of hydrogen-bond donors (Lipinski definition) is 1. The highest BCUT2D eigenvalue weighted by Gasteiger charge is 2.31. The van der Waals surface area contributed by atoms with Gasteiger partial charge in [-0.2, -0.15) is 0 Å². The zero-order valence-electron chi connectivity index (χ0n) is 8.72. The van der Waals surface area contributed by atoms with Crippen LogP contribution in [0.4, 0.5) is 4.79 Å². The smallest absolute Gasteiger partial charge is 0.407 e. The van der Waals surface area contributed by atoms with Crippen LogP contribution in [0.5, 0.6) is 0 Å². The van der Waals surface area contributed by atoms with Crippen LogP contribution in [0.1, 0.15) is 40.0 Å². The van der Waals surface area contributed by atoms with Crippen molar-refractivity contribution in [1.29, 1.82) is 0 Å². The molecule has 1 atom stereocenters. The summed E-state index contributed by atoms with van der Waals surface area (Å²) in [4.78, 5) is 11.1. The molecule has 1 fully saturated rings. The third-order valence-electron chi connectivity index (χ3n) is 2.57. The van der Waals surface area contributed by atoms with Gasteiger partial charge < -0.3 is 10.1 Å². The molecule has 1 amide bonds. The van der Waals surface area contributed by atoms with Gasteiger partial charge in [-0.25, -0.2) is 4.79 Å². The first-order valence-electron chi connectivity index (χ1n) is 4.97. The van der Waals surface area contributed by atoms with Crippen LogP contribution < -0.4 is 5.32 Å². The van der Waals surface area contributed by atoms with Gasteiger partial charge in [-0.1, -0.05) is 13.8 Å². The highest BCUT2D eigenvalue weighted by atomic mass is 16.5. The lowest BCUT2D eigenvalue weighted by Crippen LogP contribution is -2.33. The van der Waals surface area contributed by atoms with Crippen LogP contribution in [0.25, 0.3) is 0 Å². The van der Waals surface area contributed by atoms with E-state index in [1.54, 1.807) is 0 Å². The summed E-state index contributed by atoms with van der Waals surface area (Å²) < 4.78 is 4.82. The van der Waals surface area contributed by atoms with Crippen LogP contribution in [-0.2, 0) is 4.74 Å². The second-order valence-corrected chi connectivity index (χ2v) is 4.47. The van der Waals surface area contributed by atoms with Crippen molar-refractivity contribution in [2.45, 2.75) is 46.1 Å². The normalized spacial score (nSPS) is 25.6. The molecule has 0 heterocycles. The van der Waals surface area contributed by atoms with E-state index in [0.29, 0.717) is 18.1 Å². The maximum Gasteiger partial charge on any atom is 0.407 e. The minimum absolute atomic E-state index is 0.273. The third-order valence-corrected chi connectivity index (χ3v) is 2.57. The number of nitrogens with one attached hydrogen (secondary N) is 1. The van der Waals surface area contributed by atoms with E-state index in [2.05, 4.69) is 19.2 Å². The van der Waals surface area contributed by atoms with E-state index in [1.807, 2.05) is 6.92 Å². The number of hydrogen-bond acceptors (Lipinski definition) is 2. The van der Waals surface area contributed by atoms with E-state index >= 15 is 0 Å². The van der Waals surface area contributed by atoms with Gasteiger partial charge in [-0.15, -0.1) is 0 Å². The molecule has 0 spiro atoms. The SMILES string of the molecule is CCOC(=O)NC1CCC(C)(C)C1. The van der Waals surface area contributed by atoms with Gasteiger partial charge in [0.05, 0.1) is 6.61 Å². The zero-order chi connectivity index (χ0) is 9.90. The van der Waals surface area contributed by atoms with Crippen LogP contribution >= 0.6 is 0 Å². The largest absolute Gasteiger partial charge is 0.450 e. The maximum absolute atomic E-state index is 11.1. The lowest BCUT2D eigenvalue weighted by Gasteiger charge is -2.17. The summed E-state index contributed by atoms with van der Waals surface area (Å²) in [6.45, 7) is 6.74. The number of rotatable bonds is 2. The number of alkyl carbamates (subject to hydrolysis) is 1. The van der Waals surface area contributed by atoms with Crippen LogP contribution in [0.15, 0.2) is 0 Å². The minimum atomic E-state index is -0.273. The predicted molar refractivity (Wildman–Crippen MR) is 51.6 cm³/mol. The zero-order valence-corrected chi connectivity index (χ0v) is 8.72. The molecule has 3 heteroatoms. The highest BCUT2D eigenvalue weighted by molar-refractivity contribution is 5.67. The van der Waals surface area contributed by atoms with Gasteiger partial charge in [-0.05, 0) is 31.6 Å². The first kappa shape index (κ1) is 10.4. The quantitative estimate of drug-likeness (QED) is 0.717. The Morgan fingerprint density at radius 1 is 1.62 bits per heavy atom. The molecule has 76 valence electrons. The fourth-order valence-corrected chi connectivity index (χ4v) is 1.90.